The van der Waals surface area contributed by atoms with Gasteiger partial charge in [-0.25, -0.2) is 0 Å². The van der Waals surface area contributed by atoms with Crippen molar-refractivity contribution in [3.05, 3.63) is 59.4 Å². The van der Waals surface area contributed by atoms with Crippen LogP contribution in [0.5, 0.6) is 23.2 Å². The van der Waals surface area contributed by atoms with Crippen molar-refractivity contribution in [2.45, 2.75) is 45.3 Å². The zero-order valence-corrected chi connectivity index (χ0v) is 21.3. The van der Waals surface area contributed by atoms with E-state index >= 15 is 0 Å². The van der Waals surface area contributed by atoms with Crippen LogP contribution in [-0.2, 0) is 5.41 Å². The molecule has 1 amide bonds. The number of aryl methyl sites for hydroxylation is 1. The normalized spacial score (nSPS) is 15.6. The highest BCUT2D eigenvalue weighted by atomic mass is 28.3. The van der Waals surface area contributed by atoms with Crippen molar-refractivity contribution in [3.63, 3.8) is 0 Å². The molecule has 33 heavy (non-hydrogen) atoms. The van der Waals surface area contributed by atoms with Gasteiger partial charge in [0, 0.05) is 6.07 Å². The third-order valence-electron chi connectivity index (χ3n) is 6.34. The van der Waals surface area contributed by atoms with Crippen molar-refractivity contribution < 1.29 is 23.4 Å². The Morgan fingerprint density at radius 2 is 1.70 bits per heavy atom. The van der Waals surface area contributed by atoms with E-state index in [0.29, 0.717) is 17.2 Å². The highest BCUT2D eigenvalue weighted by Crippen LogP contribution is 2.42. The summed E-state index contributed by atoms with van der Waals surface area (Å²) in [6.07, 6.45) is 0. The molecule has 4 rings (SSSR count). The first kappa shape index (κ1) is 23.0. The van der Waals surface area contributed by atoms with Gasteiger partial charge in [-0.15, -0.1) is 0 Å². The topological polar surface area (TPSA) is 69.9 Å². The Balaban J connectivity index is 1.57. The number of fused-ring (bicyclic) bond motifs is 1. The Morgan fingerprint density at radius 1 is 1.03 bits per heavy atom. The molecule has 6 nitrogen and oxygen atoms in total. The van der Waals surface area contributed by atoms with E-state index in [0.717, 1.165) is 11.3 Å². The fourth-order valence-electron chi connectivity index (χ4n) is 4.97. The lowest BCUT2D eigenvalue weighted by Crippen LogP contribution is -2.38. The molecule has 0 saturated carbocycles. The lowest BCUT2D eigenvalue weighted by atomic mass is 9.86. The Morgan fingerprint density at radius 3 is 2.33 bits per heavy atom. The van der Waals surface area contributed by atoms with Crippen molar-refractivity contribution in [2.24, 2.45) is 0 Å². The Hall–Kier alpha value is -3.19. The van der Waals surface area contributed by atoms with Crippen LogP contribution >= 0.6 is 0 Å². The van der Waals surface area contributed by atoms with E-state index in [4.69, 9.17) is 18.6 Å². The monoisotopic (exact) mass is 465 g/mol. The molecule has 0 aliphatic carbocycles. The summed E-state index contributed by atoms with van der Waals surface area (Å²) in [5.41, 5.74) is 2.98. The van der Waals surface area contributed by atoms with Gasteiger partial charge in [0.05, 0.1) is 22.3 Å². The quantitative estimate of drug-likeness (QED) is 0.462. The molecule has 2 aromatic carbocycles. The maximum Gasteiger partial charge on any atom is 0.291 e. The number of carbonyl (C=O) groups is 1. The van der Waals surface area contributed by atoms with Gasteiger partial charge in [-0.2, -0.15) is 0 Å². The van der Waals surface area contributed by atoms with Gasteiger partial charge in [0.25, 0.3) is 11.9 Å². The molecule has 0 bridgehead atoms. The number of methoxy groups -OCH3 is 2. The lowest BCUT2D eigenvalue weighted by molar-refractivity contribution is 0.0991. The molecule has 1 N–H and O–H groups in total. The van der Waals surface area contributed by atoms with E-state index in [-0.39, 0.29) is 17.1 Å². The second-order valence-electron chi connectivity index (χ2n) is 9.82. The van der Waals surface area contributed by atoms with Gasteiger partial charge in [-0.1, -0.05) is 44.3 Å². The third kappa shape index (κ3) is 4.25. The number of benzene rings is 2. The second-order valence-corrected chi connectivity index (χ2v) is 14.5. The minimum absolute atomic E-state index is 0.124. The van der Waals surface area contributed by atoms with Crippen LogP contribution < -0.4 is 24.7 Å². The summed E-state index contributed by atoms with van der Waals surface area (Å²) in [5.74, 6) is 1.71. The number of hydrogen-bond acceptors (Lipinski definition) is 5. The van der Waals surface area contributed by atoms with Crippen LogP contribution in [-0.4, -0.2) is 28.2 Å². The van der Waals surface area contributed by atoms with Crippen LogP contribution in [0.15, 0.2) is 46.9 Å². The largest absolute Gasteiger partial charge is 0.494 e. The maximum atomic E-state index is 12.8. The van der Waals surface area contributed by atoms with Gasteiger partial charge in [-0.3, -0.25) is 4.79 Å². The number of hydrogen-bond donors (Lipinski definition) is 1. The van der Waals surface area contributed by atoms with Crippen molar-refractivity contribution in [2.75, 3.05) is 19.5 Å². The minimum atomic E-state index is -1.46. The Kier molecular flexibility index (Phi) is 5.78. The number of nitrogens with one attached hydrogen (secondary N) is 1. The summed E-state index contributed by atoms with van der Waals surface area (Å²) in [5, 5.41) is 4.31. The summed E-state index contributed by atoms with van der Waals surface area (Å²) in [6, 6.07) is 14.2. The van der Waals surface area contributed by atoms with E-state index in [2.05, 4.69) is 51.3 Å². The summed E-state index contributed by atoms with van der Waals surface area (Å²) in [7, 11) is 1.61. The molecule has 2 heterocycles. The number of carbonyl (C=O) groups excluding carboxylic acids is 1. The summed E-state index contributed by atoms with van der Waals surface area (Å²) in [4.78, 5) is 12.8. The SMILES string of the molecule is COc1cccc(OC)c1NC(=O)c1ccc(Oc2cc3c(cc2C)[Si](C)(C)CC3(C)C)o1. The molecule has 0 saturated heterocycles. The van der Waals surface area contributed by atoms with Crippen LogP contribution in [0.25, 0.3) is 0 Å². The van der Waals surface area contributed by atoms with E-state index in [9.17, 15) is 4.79 Å². The number of furan rings is 1. The number of para-hydroxylation sites is 1. The molecule has 7 heteroatoms. The standard InChI is InChI=1S/C26H31NO5Si/c1-16-13-22-17(26(2,3)15-33(22,6)7)14-21(16)32-23-12-11-20(31-23)25(28)27-24-18(29-4)9-8-10-19(24)30-5/h8-14H,15H2,1-7H3,(H,27,28). The van der Waals surface area contributed by atoms with Crippen molar-refractivity contribution >= 4 is 24.9 Å². The molecule has 1 aliphatic rings. The zero-order valence-electron chi connectivity index (χ0n) is 20.3. The lowest BCUT2D eigenvalue weighted by Gasteiger charge is -2.21. The molecule has 0 unspecified atom stereocenters. The Labute approximate surface area is 195 Å². The van der Waals surface area contributed by atoms with Gasteiger partial charge in [0.1, 0.15) is 22.9 Å². The van der Waals surface area contributed by atoms with Gasteiger partial charge < -0.3 is 23.9 Å². The van der Waals surface area contributed by atoms with Crippen molar-refractivity contribution in [1.82, 2.24) is 0 Å². The van der Waals surface area contributed by atoms with Gasteiger partial charge >= 0.3 is 0 Å². The summed E-state index contributed by atoms with van der Waals surface area (Å²) < 4.78 is 22.5. The van der Waals surface area contributed by atoms with Crippen molar-refractivity contribution in [3.8, 4) is 23.2 Å². The predicted molar refractivity (Wildman–Crippen MR) is 132 cm³/mol. The Bertz CT molecular complexity index is 1190. The number of amides is 1. The molecule has 1 aliphatic heterocycles. The first-order valence-electron chi connectivity index (χ1n) is 11.0. The number of ether oxygens (including phenoxy) is 3. The molecule has 0 fully saturated rings. The third-order valence-corrected chi connectivity index (χ3v) is 9.98. The average Bonchev–Trinajstić information content (AvgIpc) is 3.29. The molecule has 1 aromatic heterocycles. The van der Waals surface area contributed by atoms with Gasteiger partial charge in [0.2, 0.25) is 0 Å². The predicted octanol–water partition coefficient (Wildman–Crippen LogP) is 5.86. The fourth-order valence-corrected chi connectivity index (χ4v) is 9.31. The molecular weight excluding hydrogens is 434 g/mol. The van der Waals surface area contributed by atoms with Gasteiger partial charge in [-0.05, 0) is 53.8 Å². The number of anilines is 1. The van der Waals surface area contributed by atoms with Gasteiger partial charge in [0.15, 0.2) is 5.76 Å². The molecular formula is C26H31NO5Si. The number of rotatable bonds is 6. The first-order valence-corrected chi connectivity index (χ1v) is 14.2. The van der Waals surface area contributed by atoms with E-state index in [1.54, 1.807) is 30.3 Å². The van der Waals surface area contributed by atoms with Crippen LogP contribution in [0.1, 0.15) is 35.5 Å². The van der Waals surface area contributed by atoms with Crippen molar-refractivity contribution in [1.29, 1.82) is 0 Å². The van der Waals surface area contributed by atoms with E-state index < -0.39 is 14.0 Å². The van der Waals surface area contributed by atoms with E-state index in [1.165, 1.54) is 31.0 Å². The molecule has 3 aromatic rings. The smallest absolute Gasteiger partial charge is 0.291 e. The molecule has 174 valence electrons. The van der Waals surface area contributed by atoms with Crippen LogP contribution in [0.3, 0.4) is 0 Å². The van der Waals surface area contributed by atoms with E-state index in [1.807, 2.05) is 0 Å². The molecule has 0 radical (unpaired) electrons. The average molecular weight is 466 g/mol. The fraction of sp³-hybridized carbons (Fsp3) is 0.346. The zero-order chi connectivity index (χ0) is 24.0. The van der Waals surface area contributed by atoms with Crippen LogP contribution in [0, 0.1) is 6.92 Å². The maximum absolute atomic E-state index is 12.8. The summed E-state index contributed by atoms with van der Waals surface area (Å²) >= 11 is 0. The summed E-state index contributed by atoms with van der Waals surface area (Å²) in [6.45, 7) is 11.5. The second kappa shape index (κ2) is 8.30. The molecule has 0 atom stereocenters. The molecule has 0 spiro atoms. The highest BCUT2D eigenvalue weighted by Gasteiger charge is 2.43. The first-order chi connectivity index (χ1) is 15.6. The van der Waals surface area contributed by atoms with Crippen LogP contribution in [0.4, 0.5) is 5.69 Å². The minimum Gasteiger partial charge on any atom is -0.494 e. The van der Waals surface area contributed by atoms with Crippen LogP contribution in [0.2, 0.25) is 19.1 Å². The highest BCUT2D eigenvalue weighted by molar-refractivity contribution is 6.91.